The normalized spacial score (nSPS) is 25.4. The van der Waals surface area contributed by atoms with Crippen molar-refractivity contribution in [3.05, 3.63) is 35.3 Å². The summed E-state index contributed by atoms with van der Waals surface area (Å²) in [5.41, 5.74) is 4.03. The van der Waals surface area contributed by atoms with E-state index in [4.69, 9.17) is 4.42 Å². The number of fused-ring (bicyclic) bond motifs is 3. The van der Waals surface area contributed by atoms with Crippen LogP contribution in [-0.2, 0) is 0 Å². The Bertz CT molecular complexity index is 864. The topological polar surface area (TPSA) is 19.6 Å². The Balaban J connectivity index is 1.84. The first-order valence-electron chi connectivity index (χ1n) is 9.34. The zero-order valence-electron chi connectivity index (χ0n) is 16.6. The number of para-hydroxylation sites is 1. The van der Waals surface area contributed by atoms with Gasteiger partial charge in [-0.25, -0.2) is 0 Å². The molecule has 2 aliphatic heterocycles. The molecule has 0 radical (unpaired) electrons. The first-order valence-corrected chi connectivity index (χ1v) is 9.34. The van der Waals surface area contributed by atoms with Gasteiger partial charge in [0.05, 0.1) is 0 Å². The fraction of sp³-hybridized carbons (Fsp3) is 0.524. The lowest BCUT2D eigenvalue weighted by molar-refractivity contribution is 0.233. The second-order valence-electron chi connectivity index (χ2n) is 9.25. The third-order valence-corrected chi connectivity index (χ3v) is 6.48. The van der Waals surface area contributed by atoms with Crippen LogP contribution in [0, 0.1) is 5.41 Å². The highest BCUT2D eigenvalue weighted by atomic mass is 16.4. The van der Waals surface area contributed by atoms with E-state index in [0.29, 0.717) is 11.5 Å². The molecular formula is C21H29BN2O. The van der Waals surface area contributed by atoms with E-state index in [1.807, 2.05) is 6.07 Å². The number of anilines is 1. The molecule has 0 unspecified atom stereocenters. The van der Waals surface area contributed by atoms with Crippen LogP contribution in [0.3, 0.4) is 0 Å². The van der Waals surface area contributed by atoms with E-state index in [9.17, 15) is 0 Å². The smallest absolute Gasteiger partial charge is 0.376 e. The van der Waals surface area contributed by atoms with Gasteiger partial charge in [-0.2, -0.15) is 0 Å². The number of allylic oxidation sites excluding steroid dienone is 1. The maximum Gasteiger partial charge on any atom is 0.376 e. The summed E-state index contributed by atoms with van der Waals surface area (Å²) < 4.78 is 6.25. The Morgan fingerprint density at radius 3 is 2.48 bits per heavy atom. The van der Waals surface area contributed by atoms with Crippen molar-refractivity contribution in [2.75, 3.05) is 11.9 Å². The number of benzene rings is 1. The van der Waals surface area contributed by atoms with Gasteiger partial charge in [0.25, 0.3) is 0 Å². The summed E-state index contributed by atoms with van der Waals surface area (Å²) in [4.78, 5) is 5.03. The molecule has 3 nitrogen and oxygen atoms in total. The summed E-state index contributed by atoms with van der Waals surface area (Å²) >= 11 is 0. The predicted molar refractivity (Wildman–Crippen MR) is 108 cm³/mol. The lowest BCUT2D eigenvalue weighted by Crippen LogP contribution is -2.61. The molecule has 25 heavy (non-hydrogen) atoms. The van der Waals surface area contributed by atoms with Crippen LogP contribution >= 0.6 is 0 Å². The van der Waals surface area contributed by atoms with Crippen molar-refractivity contribution in [1.29, 1.82) is 0 Å². The van der Waals surface area contributed by atoms with Gasteiger partial charge in [0.15, 0.2) is 5.88 Å². The van der Waals surface area contributed by atoms with Crippen LogP contribution in [0.4, 0.5) is 5.88 Å². The molecule has 0 spiro atoms. The highest BCUT2D eigenvalue weighted by molar-refractivity contribution is 6.69. The highest BCUT2D eigenvalue weighted by Gasteiger charge is 2.54. The summed E-state index contributed by atoms with van der Waals surface area (Å²) in [6.45, 7) is 14.4. The summed E-state index contributed by atoms with van der Waals surface area (Å²) in [5.74, 6) is 0.990. The standard InChI is InChI=1S/C21H29BN2O/c1-14-12-17-16-10-8-9-11-18(16)25-19(17)23(7)22(14)24-15(2)20(3,4)13-21(24,5)6/h8-12,15H,13H2,1-7H3/t15-/m0/s1. The quantitative estimate of drug-likeness (QED) is 0.666. The van der Waals surface area contributed by atoms with Crippen molar-refractivity contribution >= 4 is 29.9 Å². The van der Waals surface area contributed by atoms with Gasteiger partial charge < -0.3 is 14.0 Å². The highest BCUT2D eigenvalue weighted by Crippen LogP contribution is 2.49. The van der Waals surface area contributed by atoms with Gasteiger partial charge in [0, 0.05) is 22.5 Å². The molecule has 0 aliphatic carbocycles. The summed E-state index contributed by atoms with van der Waals surface area (Å²) in [5, 5.41) is 1.20. The van der Waals surface area contributed by atoms with E-state index in [1.165, 1.54) is 22.8 Å². The zero-order chi connectivity index (χ0) is 18.1. The minimum Gasteiger partial charge on any atom is -0.441 e. The number of nitrogens with zero attached hydrogens (tertiary/aromatic N) is 2. The molecule has 2 aromatic rings. The van der Waals surface area contributed by atoms with Crippen LogP contribution in [-0.4, -0.2) is 30.4 Å². The van der Waals surface area contributed by atoms with Crippen LogP contribution in [0.2, 0.25) is 0 Å². The molecule has 132 valence electrons. The second kappa shape index (κ2) is 5.17. The molecule has 1 fully saturated rings. The van der Waals surface area contributed by atoms with Crippen molar-refractivity contribution in [2.45, 2.75) is 59.5 Å². The van der Waals surface area contributed by atoms with E-state index >= 15 is 0 Å². The number of hydrogen-bond donors (Lipinski definition) is 0. The molecule has 1 aromatic carbocycles. The molecule has 4 rings (SSSR count). The molecule has 1 aromatic heterocycles. The van der Waals surface area contributed by atoms with Crippen LogP contribution < -0.4 is 4.81 Å². The van der Waals surface area contributed by atoms with Gasteiger partial charge in [-0.05, 0) is 52.6 Å². The predicted octanol–water partition coefficient (Wildman–Crippen LogP) is 5.21. The molecule has 2 aliphatic rings. The van der Waals surface area contributed by atoms with Crippen LogP contribution in [0.1, 0.15) is 53.5 Å². The Kier molecular flexibility index (Phi) is 3.47. The molecular weight excluding hydrogens is 307 g/mol. The SMILES string of the molecule is CC1=Cc2c(oc3ccccc23)N(C)B1N1[C@@H](C)C(C)(C)CC1(C)C. The van der Waals surface area contributed by atoms with E-state index in [2.05, 4.69) is 82.5 Å². The minimum atomic E-state index is 0.153. The largest absolute Gasteiger partial charge is 0.441 e. The van der Waals surface area contributed by atoms with E-state index in [0.717, 1.165) is 11.5 Å². The molecule has 1 atom stereocenters. The van der Waals surface area contributed by atoms with Crippen molar-refractivity contribution in [3.8, 4) is 0 Å². The van der Waals surface area contributed by atoms with Gasteiger partial charge >= 0.3 is 6.98 Å². The summed E-state index contributed by atoms with van der Waals surface area (Å²) in [6.07, 6.45) is 3.53. The lowest BCUT2D eigenvalue weighted by atomic mass is 9.59. The first kappa shape index (κ1) is 16.8. The molecule has 1 saturated heterocycles. The average Bonchev–Trinajstić information content (AvgIpc) is 2.95. The van der Waals surface area contributed by atoms with Gasteiger partial charge in [0.2, 0.25) is 0 Å². The average molecular weight is 336 g/mol. The van der Waals surface area contributed by atoms with E-state index in [1.54, 1.807) is 0 Å². The van der Waals surface area contributed by atoms with E-state index in [-0.39, 0.29) is 12.5 Å². The number of rotatable bonds is 1. The van der Waals surface area contributed by atoms with Gasteiger partial charge in [0.1, 0.15) is 5.58 Å². The Hall–Kier alpha value is -1.68. The molecule has 0 bridgehead atoms. The van der Waals surface area contributed by atoms with Crippen molar-refractivity contribution in [3.63, 3.8) is 0 Å². The maximum atomic E-state index is 6.25. The van der Waals surface area contributed by atoms with Gasteiger partial charge in [-0.3, -0.25) is 0 Å². The van der Waals surface area contributed by atoms with Crippen molar-refractivity contribution in [2.24, 2.45) is 5.41 Å². The first-order chi connectivity index (χ1) is 11.6. The second-order valence-corrected chi connectivity index (χ2v) is 9.25. The summed E-state index contributed by atoms with van der Waals surface area (Å²) in [6, 6.07) is 8.84. The summed E-state index contributed by atoms with van der Waals surface area (Å²) in [7, 11) is 2.18. The third kappa shape index (κ3) is 2.30. The zero-order valence-corrected chi connectivity index (χ0v) is 16.6. The molecule has 4 heteroatoms. The number of furan rings is 1. The van der Waals surface area contributed by atoms with Crippen LogP contribution in [0.15, 0.2) is 34.2 Å². The van der Waals surface area contributed by atoms with Gasteiger partial charge in [-0.15, -0.1) is 0 Å². The Labute approximate surface area is 151 Å². The Morgan fingerprint density at radius 2 is 1.84 bits per heavy atom. The van der Waals surface area contributed by atoms with E-state index < -0.39 is 0 Å². The van der Waals surface area contributed by atoms with Crippen molar-refractivity contribution < 1.29 is 4.42 Å². The number of hydrogen-bond acceptors (Lipinski definition) is 3. The monoisotopic (exact) mass is 336 g/mol. The maximum absolute atomic E-state index is 6.25. The molecule has 0 saturated carbocycles. The van der Waals surface area contributed by atoms with Gasteiger partial charge in [-0.1, -0.05) is 43.6 Å². The minimum absolute atomic E-state index is 0.153. The fourth-order valence-electron chi connectivity index (χ4n) is 5.38. The molecule has 0 N–H and O–H groups in total. The Morgan fingerprint density at radius 1 is 1.16 bits per heavy atom. The molecule has 0 amide bonds. The lowest BCUT2D eigenvalue weighted by Gasteiger charge is -2.45. The third-order valence-electron chi connectivity index (χ3n) is 6.48. The van der Waals surface area contributed by atoms with Crippen LogP contribution in [0.5, 0.6) is 0 Å². The molecule has 3 heterocycles. The van der Waals surface area contributed by atoms with Crippen molar-refractivity contribution in [1.82, 2.24) is 4.81 Å². The van der Waals surface area contributed by atoms with Crippen LogP contribution in [0.25, 0.3) is 17.0 Å². The fourth-order valence-corrected chi connectivity index (χ4v) is 5.38.